The number of halogens is 1. The smallest absolute Gasteiger partial charge is 0.265 e. The molecule has 0 saturated carbocycles. The summed E-state index contributed by atoms with van der Waals surface area (Å²) in [6, 6.07) is 19.5. The van der Waals surface area contributed by atoms with Crippen molar-refractivity contribution >= 4 is 34.8 Å². The summed E-state index contributed by atoms with van der Waals surface area (Å²) in [6.45, 7) is 0.126. The van der Waals surface area contributed by atoms with Crippen LogP contribution < -0.4 is 24.4 Å². The number of methoxy groups -OCH3 is 1. The van der Waals surface area contributed by atoms with Gasteiger partial charge in [-0.05, 0) is 48.0 Å². The molecule has 3 aromatic rings. The minimum Gasteiger partial charge on any atom is -0.493 e. The SMILES string of the molecule is COc1ccccc1OCC(=O)Nc1ccc2c(c1)N(Cc1ccc(Cl)cc1)C(=O)CO2. The number of nitrogens with one attached hydrogen (secondary N) is 1. The first-order chi connectivity index (χ1) is 15.5. The Bertz CT molecular complexity index is 1130. The van der Waals surface area contributed by atoms with Crippen molar-refractivity contribution in [2.45, 2.75) is 6.54 Å². The van der Waals surface area contributed by atoms with Crippen LogP contribution in [0.3, 0.4) is 0 Å². The third-order valence-corrected chi connectivity index (χ3v) is 5.12. The maximum atomic E-state index is 12.5. The van der Waals surface area contributed by atoms with Gasteiger partial charge in [0.2, 0.25) is 0 Å². The molecule has 1 aliphatic rings. The first-order valence-corrected chi connectivity index (χ1v) is 10.3. The Morgan fingerprint density at radius 2 is 1.84 bits per heavy atom. The normalized spacial score (nSPS) is 12.6. The molecule has 0 fully saturated rings. The van der Waals surface area contributed by atoms with Crippen LogP contribution >= 0.6 is 11.6 Å². The van der Waals surface area contributed by atoms with E-state index in [0.717, 1.165) is 5.56 Å². The molecule has 0 atom stereocenters. The third kappa shape index (κ3) is 4.95. The van der Waals surface area contributed by atoms with Crippen molar-refractivity contribution in [1.82, 2.24) is 0 Å². The largest absolute Gasteiger partial charge is 0.493 e. The number of rotatable bonds is 7. The molecule has 2 amide bonds. The lowest BCUT2D eigenvalue weighted by Crippen LogP contribution is -2.38. The molecule has 1 heterocycles. The van der Waals surface area contributed by atoms with Gasteiger partial charge in [-0.3, -0.25) is 9.59 Å². The predicted octanol–water partition coefficient (Wildman–Crippen LogP) is 4.29. The molecule has 1 N–H and O–H groups in total. The maximum absolute atomic E-state index is 12.5. The lowest BCUT2D eigenvalue weighted by atomic mass is 10.1. The highest BCUT2D eigenvalue weighted by Gasteiger charge is 2.26. The monoisotopic (exact) mass is 452 g/mol. The summed E-state index contributed by atoms with van der Waals surface area (Å²) in [4.78, 5) is 26.6. The van der Waals surface area contributed by atoms with Crippen molar-refractivity contribution < 1.29 is 23.8 Å². The van der Waals surface area contributed by atoms with Gasteiger partial charge in [-0.2, -0.15) is 0 Å². The minimum atomic E-state index is -0.344. The molecule has 4 rings (SSSR count). The highest BCUT2D eigenvalue weighted by Crippen LogP contribution is 2.35. The Labute approximate surface area is 190 Å². The first-order valence-electron chi connectivity index (χ1n) is 9.91. The number of amides is 2. The van der Waals surface area contributed by atoms with Gasteiger partial charge >= 0.3 is 0 Å². The highest BCUT2D eigenvalue weighted by atomic mass is 35.5. The molecule has 32 heavy (non-hydrogen) atoms. The summed E-state index contributed by atoms with van der Waals surface area (Å²) in [5.41, 5.74) is 2.03. The van der Waals surface area contributed by atoms with Crippen LogP contribution in [-0.2, 0) is 16.1 Å². The van der Waals surface area contributed by atoms with Crippen molar-refractivity contribution in [2.24, 2.45) is 0 Å². The molecule has 3 aromatic carbocycles. The zero-order valence-corrected chi connectivity index (χ0v) is 18.1. The maximum Gasteiger partial charge on any atom is 0.265 e. The number of hydrogen-bond acceptors (Lipinski definition) is 5. The number of carbonyl (C=O) groups excluding carboxylic acids is 2. The van der Waals surface area contributed by atoms with Gasteiger partial charge in [0.05, 0.1) is 19.3 Å². The van der Waals surface area contributed by atoms with Crippen molar-refractivity contribution in [3.05, 3.63) is 77.3 Å². The number of para-hydroxylation sites is 2. The molecular weight excluding hydrogens is 432 g/mol. The van der Waals surface area contributed by atoms with Gasteiger partial charge in [-0.1, -0.05) is 35.9 Å². The molecule has 8 heteroatoms. The zero-order valence-electron chi connectivity index (χ0n) is 17.3. The average Bonchev–Trinajstić information content (AvgIpc) is 2.81. The van der Waals surface area contributed by atoms with E-state index in [1.54, 1.807) is 53.4 Å². The Morgan fingerprint density at radius 1 is 1.09 bits per heavy atom. The van der Waals surface area contributed by atoms with Gasteiger partial charge < -0.3 is 24.4 Å². The minimum absolute atomic E-state index is 0.0426. The number of ether oxygens (including phenoxy) is 3. The lowest BCUT2D eigenvalue weighted by molar-refractivity contribution is -0.121. The Balaban J connectivity index is 1.47. The fourth-order valence-electron chi connectivity index (χ4n) is 3.30. The van der Waals surface area contributed by atoms with E-state index in [4.69, 9.17) is 25.8 Å². The fraction of sp³-hybridized carbons (Fsp3) is 0.167. The molecular formula is C24H21ClN2O5. The van der Waals surface area contributed by atoms with Crippen LogP contribution in [0.25, 0.3) is 0 Å². The molecule has 0 aliphatic carbocycles. The van der Waals surface area contributed by atoms with Crippen LogP contribution in [-0.4, -0.2) is 32.1 Å². The van der Waals surface area contributed by atoms with E-state index in [0.29, 0.717) is 40.2 Å². The number of benzene rings is 3. The highest BCUT2D eigenvalue weighted by molar-refractivity contribution is 6.30. The Morgan fingerprint density at radius 3 is 2.59 bits per heavy atom. The van der Waals surface area contributed by atoms with Gasteiger partial charge in [-0.25, -0.2) is 0 Å². The fourth-order valence-corrected chi connectivity index (χ4v) is 3.43. The Kier molecular flexibility index (Phi) is 6.47. The summed E-state index contributed by atoms with van der Waals surface area (Å²) in [7, 11) is 1.54. The molecule has 7 nitrogen and oxygen atoms in total. The van der Waals surface area contributed by atoms with Gasteiger partial charge in [0.25, 0.3) is 11.8 Å². The van der Waals surface area contributed by atoms with E-state index >= 15 is 0 Å². The standard InChI is InChI=1S/C24H21ClN2O5/c1-30-21-4-2-3-5-22(21)31-14-23(28)26-18-10-11-20-19(12-18)27(24(29)15-32-20)13-16-6-8-17(25)9-7-16/h2-12H,13-15H2,1H3,(H,26,28). The van der Waals surface area contributed by atoms with Gasteiger partial charge in [0.15, 0.2) is 24.7 Å². The van der Waals surface area contributed by atoms with E-state index in [1.807, 2.05) is 18.2 Å². The number of nitrogens with zero attached hydrogens (tertiary/aromatic N) is 1. The number of carbonyl (C=O) groups is 2. The van der Waals surface area contributed by atoms with Crippen molar-refractivity contribution in [1.29, 1.82) is 0 Å². The Hall–Kier alpha value is -3.71. The van der Waals surface area contributed by atoms with Gasteiger partial charge in [0.1, 0.15) is 5.75 Å². The summed E-state index contributed by atoms with van der Waals surface area (Å²) >= 11 is 5.96. The van der Waals surface area contributed by atoms with Crippen molar-refractivity contribution in [2.75, 3.05) is 30.5 Å². The van der Waals surface area contributed by atoms with Crippen LogP contribution in [0.1, 0.15) is 5.56 Å². The van der Waals surface area contributed by atoms with E-state index in [-0.39, 0.29) is 25.0 Å². The number of hydrogen-bond donors (Lipinski definition) is 1. The molecule has 0 saturated heterocycles. The van der Waals surface area contributed by atoms with Gasteiger partial charge in [0, 0.05) is 10.7 Å². The quantitative estimate of drug-likeness (QED) is 0.578. The molecule has 0 bridgehead atoms. The zero-order chi connectivity index (χ0) is 22.5. The van der Waals surface area contributed by atoms with Crippen LogP contribution in [0.5, 0.6) is 17.2 Å². The third-order valence-electron chi connectivity index (χ3n) is 4.87. The topological polar surface area (TPSA) is 77.1 Å². The van der Waals surface area contributed by atoms with Crippen LogP contribution in [0.15, 0.2) is 66.7 Å². The second-order valence-corrected chi connectivity index (χ2v) is 7.50. The molecule has 1 aliphatic heterocycles. The lowest BCUT2D eigenvalue weighted by Gasteiger charge is -2.30. The van der Waals surface area contributed by atoms with E-state index in [2.05, 4.69) is 5.32 Å². The average molecular weight is 453 g/mol. The summed E-state index contributed by atoms with van der Waals surface area (Å²) in [5.74, 6) is 1.08. The summed E-state index contributed by atoms with van der Waals surface area (Å²) in [6.07, 6.45) is 0. The van der Waals surface area contributed by atoms with Crippen molar-refractivity contribution in [3.63, 3.8) is 0 Å². The van der Waals surface area contributed by atoms with Crippen molar-refractivity contribution in [3.8, 4) is 17.2 Å². The van der Waals surface area contributed by atoms with E-state index in [1.165, 1.54) is 7.11 Å². The molecule has 0 radical (unpaired) electrons. The van der Waals surface area contributed by atoms with E-state index in [9.17, 15) is 9.59 Å². The molecule has 0 unspecified atom stereocenters. The molecule has 0 aromatic heterocycles. The molecule has 164 valence electrons. The van der Waals surface area contributed by atoms with Crippen LogP contribution in [0, 0.1) is 0 Å². The number of anilines is 2. The van der Waals surface area contributed by atoms with Gasteiger partial charge in [-0.15, -0.1) is 0 Å². The van der Waals surface area contributed by atoms with Crippen LogP contribution in [0.4, 0.5) is 11.4 Å². The predicted molar refractivity (Wildman–Crippen MR) is 122 cm³/mol. The second kappa shape index (κ2) is 9.62. The summed E-state index contributed by atoms with van der Waals surface area (Å²) < 4.78 is 16.3. The number of fused-ring (bicyclic) bond motifs is 1. The second-order valence-electron chi connectivity index (χ2n) is 7.07. The van der Waals surface area contributed by atoms with Crippen LogP contribution in [0.2, 0.25) is 5.02 Å². The molecule has 0 spiro atoms. The summed E-state index contributed by atoms with van der Waals surface area (Å²) in [5, 5.41) is 3.42. The first kappa shape index (κ1) is 21.5. The van der Waals surface area contributed by atoms with E-state index < -0.39 is 0 Å².